The van der Waals surface area contributed by atoms with Gasteiger partial charge in [-0.2, -0.15) is 0 Å². The summed E-state index contributed by atoms with van der Waals surface area (Å²) in [6, 6.07) is 6.93. The Hall–Kier alpha value is -2.96. The van der Waals surface area contributed by atoms with Gasteiger partial charge in [-0.3, -0.25) is 4.79 Å². The molecule has 2 aromatic heterocycles. The molecule has 0 unspecified atom stereocenters. The first-order valence-electron chi connectivity index (χ1n) is 5.91. The van der Waals surface area contributed by atoms with Crippen LogP contribution in [-0.4, -0.2) is 33.5 Å². The van der Waals surface area contributed by atoms with E-state index in [0.29, 0.717) is 29.7 Å². The molecule has 0 aliphatic rings. The van der Waals surface area contributed by atoms with Gasteiger partial charge in [0.15, 0.2) is 5.82 Å². The van der Waals surface area contributed by atoms with Gasteiger partial charge in [0, 0.05) is 19.3 Å². The number of fused-ring (bicyclic) bond motifs is 1. The molecule has 7 nitrogen and oxygen atoms in total. The summed E-state index contributed by atoms with van der Waals surface area (Å²) < 4.78 is 4.80. The molecule has 20 heavy (non-hydrogen) atoms. The molecule has 7 heteroatoms. The fourth-order valence-electron chi connectivity index (χ4n) is 1.85. The highest BCUT2D eigenvalue weighted by molar-refractivity contribution is 5.80. The van der Waals surface area contributed by atoms with Crippen LogP contribution in [0.15, 0.2) is 30.5 Å². The number of ether oxygens (including phenoxy) is 1. The molecule has 0 amide bonds. The highest BCUT2D eigenvalue weighted by atomic mass is 16.5. The number of anilines is 1. The largest absolute Gasteiger partial charge is 0.429 e. The number of hydrogen-bond donors (Lipinski definition) is 2. The summed E-state index contributed by atoms with van der Waals surface area (Å²) in [5, 5.41) is 2.87. The van der Waals surface area contributed by atoms with Crippen LogP contribution in [0, 0.1) is 0 Å². The number of H-pyrrole nitrogens is 1. The number of carbonyl (C=O) groups excluding carboxylic acids is 1. The zero-order valence-corrected chi connectivity index (χ0v) is 10.6. The van der Waals surface area contributed by atoms with Crippen LogP contribution in [0.4, 0.5) is 5.95 Å². The first-order valence-corrected chi connectivity index (χ1v) is 5.91. The maximum absolute atomic E-state index is 10.3. The van der Waals surface area contributed by atoms with Crippen molar-refractivity contribution in [1.29, 1.82) is 0 Å². The molecule has 0 bridgehead atoms. The van der Waals surface area contributed by atoms with E-state index in [1.807, 2.05) is 0 Å². The molecule has 0 saturated heterocycles. The van der Waals surface area contributed by atoms with Crippen LogP contribution in [0.25, 0.3) is 22.6 Å². The molecule has 0 radical (unpaired) electrons. The third kappa shape index (κ3) is 2.16. The van der Waals surface area contributed by atoms with Crippen molar-refractivity contribution in [2.45, 2.75) is 0 Å². The summed E-state index contributed by atoms with van der Waals surface area (Å²) >= 11 is 0. The Labute approximate surface area is 114 Å². The van der Waals surface area contributed by atoms with Crippen molar-refractivity contribution in [2.75, 3.05) is 12.4 Å². The second-order valence-corrected chi connectivity index (χ2v) is 3.99. The second-order valence-electron chi connectivity index (χ2n) is 3.99. The molecule has 100 valence electrons. The van der Waals surface area contributed by atoms with Crippen molar-refractivity contribution in [1.82, 2.24) is 19.9 Å². The second kappa shape index (κ2) is 4.96. The molecular weight excluding hydrogens is 258 g/mol. The summed E-state index contributed by atoms with van der Waals surface area (Å²) in [5.41, 5.74) is 2.21. The maximum atomic E-state index is 10.3. The molecule has 2 heterocycles. The van der Waals surface area contributed by atoms with Gasteiger partial charge in [0.2, 0.25) is 5.95 Å². The lowest BCUT2D eigenvalue weighted by atomic mass is 10.3. The van der Waals surface area contributed by atoms with E-state index in [9.17, 15) is 4.79 Å². The van der Waals surface area contributed by atoms with Gasteiger partial charge < -0.3 is 15.0 Å². The monoisotopic (exact) mass is 269 g/mol. The number of hydrogen-bond acceptors (Lipinski definition) is 6. The number of imidazole rings is 1. The lowest BCUT2D eigenvalue weighted by Gasteiger charge is -1.99. The summed E-state index contributed by atoms with van der Waals surface area (Å²) in [4.78, 5) is 26.3. The number of nitrogens with one attached hydrogen (secondary N) is 2. The van der Waals surface area contributed by atoms with E-state index in [1.54, 1.807) is 37.5 Å². The Bertz CT molecular complexity index is 768. The quantitative estimate of drug-likeness (QED) is 0.699. The first-order chi connectivity index (χ1) is 9.80. The van der Waals surface area contributed by atoms with Gasteiger partial charge in [0.25, 0.3) is 6.47 Å². The fourth-order valence-corrected chi connectivity index (χ4v) is 1.85. The van der Waals surface area contributed by atoms with Gasteiger partial charge in [0.05, 0.1) is 11.0 Å². The zero-order chi connectivity index (χ0) is 13.9. The van der Waals surface area contributed by atoms with Gasteiger partial charge in [0.1, 0.15) is 11.4 Å². The zero-order valence-electron chi connectivity index (χ0n) is 10.6. The van der Waals surface area contributed by atoms with Gasteiger partial charge in [-0.05, 0) is 18.2 Å². The van der Waals surface area contributed by atoms with Gasteiger partial charge in [-0.25, -0.2) is 15.0 Å². The highest BCUT2D eigenvalue weighted by Crippen LogP contribution is 2.22. The molecule has 1 aromatic carbocycles. The Morgan fingerprint density at radius 3 is 3.00 bits per heavy atom. The van der Waals surface area contributed by atoms with E-state index in [0.717, 1.165) is 11.0 Å². The summed E-state index contributed by atoms with van der Waals surface area (Å²) in [6.45, 7) is 0.391. The summed E-state index contributed by atoms with van der Waals surface area (Å²) in [5.74, 6) is 1.61. The molecule has 0 aliphatic heterocycles. The lowest BCUT2D eigenvalue weighted by molar-refractivity contribution is -0.120. The topological polar surface area (TPSA) is 92.8 Å². The normalized spacial score (nSPS) is 10.4. The Morgan fingerprint density at radius 1 is 1.30 bits per heavy atom. The number of aromatic nitrogens is 4. The molecule has 3 rings (SSSR count). The van der Waals surface area contributed by atoms with Gasteiger partial charge >= 0.3 is 0 Å². The van der Waals surface area contributed by atoms with Crippen molar-refractivity contribution in [3.8, 4) is 17.3 Å². The minimum absolute atomic E-state index is 0.391. The van der Waals surface area contributed by atoms with E-state index >= 15 is 0 Å². The predicted octanol–water partition coefficient (Wildman–Crippen LogP) is 1.60. The lowest BCUT2D eigenvalue weighted by Crippen LogP contribution is -1.97. The van der Waals surface area contributed by atoms with Gasteiger partial charge in [-0.15, -0.1) is 0 Å². The molecule has 0 aliphatic carbocycles. The third-order valence-electron chi connectivity index (χ3n) is 2.76. The minimum atomic E-state index is 0.391. The number of nitrogens with zero attached hydrogens (tertiary/aromatic N) is 3. The number of carbonyl (C=O) groups is 1. The Morgan fingerprint density at radius 2 is 2.20 bits per heavy atom. The van der Waals surface area contributed by atoms with E-state index in [1.165, 1.54) is 0 Å². The molecule has 0 fully saturated rings. The number of rotatable bonds is 4. The highest BCUT2D eigenvalue weighted by Gasteiger charge is 2.08. The summed E-state index contributed by atoms with van der Waals surface area (Å²) in [6.07, 6.45) is 1.66. The molecule has 2 N–H and O–H groups in total. The van der Waals surface area contributed by atoms with E-state index in [2.05, 4.69) is 25.3 Å². The van der Waals surface area contributed by atoms with Crippen LogP contribution in [0.5, 0.6) is 5.75 Å². The maximum Gasteiger partial charge on any atom is 0.298 e. The molecule has 0 spiro atoms. The average Bonchev–Trinajstić information content (AvgIpc) is 2.91. The smallest absolute Gasteiger partial charge is 0.298 e. The first kappa shape index (κ1) is 12.1. The van der Waals surface area contributed by atoms with E-state index in [4.69, 9.17) is 4.74 Å². The van der Waals surface area contributed by atoms with Crippen LogP contribution >= 0.6 is 0 Å². The molecule has 0 atom stereocenters. The van der Waals surface area contributed by atoms with E-state index < -0.39 is 0 Å². The van der Waals surface area contributed by atoms with Crippen molar-refractivity contribution in [3.05, 3.63) is 30.5 Å². The van der Waals surface area contributed by atoms with Crippen molar-refractivity contribution < 1.29 is 9.53 Å². The van der Waals surface area contributed by atoms with Crippen molar-refractivity contribution >= 4 is 23.5 Å². The standard InChI is InChI=1S/C13H11N5O2/c1-14-13-15-5-4-10(18-13)12-16-9-3-2-8(20-7-19)6-11(9)17-12/h2-7H,1H3,(H,16,17)(H,14,15,18). The van der Waals surface area contributed by atoms with Crippen LogP contribution in [0.2, 0.25) is 0 Å². The summed E-state index contributed by atoms with van der Waals surface area (Å²) in [7, 11) is 1.75. The molecule has 3 aromatic rings. The van der Waals surface area contributed by atoms with Gasteiger partial charge in [-0.1, -0.05) is 0 Å². The van der Waals surface area contributed by atoms with Crippen LogP contribution < -0.4 is 10.1 Å². The predicted molar refractivity (Wildman–Crippen MR) is 73.4 cm³/mol. The number of aromatic amines is 1. The average molecular weight is 269 g/mol. The molecular formula is C13H11N5O2. The third-order valence-corrected chi connectivity index (χ3v) is 2.76. The van der Waals surface area contributed by atoms with E-state index in [-0.39, 0.29) is 0 Å². The van der Waals surface area contributed by atoms with Crippen molar-refractivity contribution in [3.63, 3.8) is 0 Å². The SMILES string of the molecule is CNc1nccc(-c2nc3ccc(OC=O)cc3[nH]2)n1. The van der Waals surface area contributed by atoms with Crippen LogP contribution in [0.3, 0.4) is 0 Å². The Kier molecular flexibility index (Phi) is 3.00. The fraction of sp³-hybridized carbons (Fsp3) is 0.0769. The Balaban J connectivity index is 2.05. The van der Waals surface area contributed by atoms with Crippen molar-refractivity contribution in [2.24, 2.45) is 0 Å². The number of benzene rings is 1. The minimum Gasteiger partial charge on any atom is -0.429 e. The van der Waals surface area contributed by atoms with Crippen LogP contribution in [-0.2, 0) is 4.79 Å². The van der Waals surface area contributed by atoms with Crippen LogP contribution in [0.1, 0.15) is 0 Å². The molecule has 0 saturated carbocycles.